The number of nitriles is 1. The van der Waals surface area contributed by atoms with E-state index in [0.717, 1.165) is 5.56 Å². The van der Waals surface area contributed by atoms with E-state index in [1.807, 2.05) is 19.1 Å². The van der Waals surface area contributed by atoms with Crippen LogP contribution in [0.5, 0.6) is 0 Å². The third kappa shape index (κ3) is 3.71. The Bertz CT molecular complexity index is 392. The van der Waals surface area contributed by atoms with E-state index in [-0.39, 0.29) is 12.5 Å². The largest absolute Gasteiger partial charge is 0.481 e. The number of nitrogens with one attached hydrogen (secondary N) is 1. The molecule has 0 aliphatic rings. The number of rotatable bonds is 5. The lowest BCUT2D eigenvalue weighted by molar-refractivity contribution is -0.136. The number of benzene rings is 1. The van der Waals surface area contributed by atoms with Crippen molar-refractivity contribution in [1.29, 1.82) is 5.26 Å². The zero-order valence-corrected chi connectivity index (χ0v) is 9.10. The van der Waals surface area contributed by atoms with Crippen LogP contribution in [0.15, 0.2) is 24.3 Å². The molecule has 0 saturated heterocycles. The van der Waals surface area contributed by atoms with Crippen LogP contribution in [0, 0.1) is 11.3 Å². The molecule has 0 amide bonds. The molecule has 0 bridgehead atoms. The smallest absolute Gasteiger partial charge is 0.304 e. The van der Waals surface area contributed by atoms with Gasteiger partial charge < -0.3 is 10.4 Å². The second-order valence-corrected chi connectivity index (χ2v) is 3.55. The number of hydrogen-bond acceptors (Lipinski definition) is 3. The van der Waals surface area contributed by atoms with Gasteiger partial charge in [0.25, 0.3) is 0 Å². The SMILES string of the molecule is CC(NCCC(=O)O)c1ccc(C#N)cc1. The first-order valence-corrected chi connectivity index (χ1v) is 5.08. The van der Waals surface area contributed by atoms with Gasteiger partial charge in [-0.1, -0.05) is 12.1 Å². The summed E-state index contributed by atoms with van der Waals surface area (Å²) < 4.78 is 0. The molecule has 0 saturated carbocycles. The molecule has 0 heterocycles. The third-order valence-electron chi connectivity index (χ3n) is 2.33. The maximum Gasteiger partial charge on any atom is 0.304 e. The highest BCUT2D eigenvalue weighted by atomic mass is 16.4. The summed E-state index contributed by atoms with van der Waals surface area (Å²) in [6, 6.07) is 9.40. The molecule has 2 N–H and O–H groups in total. The average molecular weight is 218 g/mol. The van der Waals surface area contributed by atoms with Crippen LogP contribution in [0.25, 0.3) is 0 Å². The fourth-order valence-corrected chi connectivity index (χ4v) is 1.36. The predicted octanol–water partition coefficient (Wildman–Crippen LogP) is 1.68. The van der Waals surface area contributed by atoms with Gasteiger partial charge in [-0.05, 0) is 24.6 Å². The van der Waals surface area contributed by atoms with E-state index in [0.29, 0.717) is 12.1 Å². The molecule has 1 unspecified atom stereocenters. The molecule has 1 atom stereocenters. The lowest BCUT2D eigenvalue weighted by Crippen LogP contribution is -2.21. The topological polar surface area (TPSA) is 73.1 Å². The van der Waals surface area contributed by atoms with Gasteiger partial charge in [0.15, 0.2) is 0 Å². The Kier molecular flexibility index (Phi) is 4.49. The zero-order chi connectivity index (χ0) is 12.0. The van der Waals surface area contributed by atoms with Crippen molar-refractivity contribution >= 4 is 5.97 Å². The Hall–Kier alpha value is -1.86. The fourth-order valence-electron chi connectivity index (χ4n) is 1.36. The predicted molar refractivity (Wildman–Crippen MR) is 59.8 cm³/mol. The Balaban J connectivity index is 2.49. The normalized spacial score (nSPS) is 11.8. The molecular weight excluding hydrogens is 204 g/mol. The summed E-state index contributed by atoms with van der Waals surface area (Å²) in [6.07, 6.45) is 0.112. The minimum atomic E-state index is -0.806. The number of carboxylic acids is 1. The average Bonchev–Trinajstić information content (AvgIpc) is 2.28. The minimum Gasteiger partial charge on any atom is -0.481 e. The van der Waals surface area contributed by atoms with Crippen molar-refractivity contribution in [3.63, 3.8) is 0 Å². The fraction of sp³-hybridized carbons (Fsp3) is 0.333. The van der Waals surface area contributed by atoms with Crippen LogP contribution < -0.4 is 5.32 Å². The second-order valence-electron chi connectivity index (χ2n) is 3.55. The number of aliphatic carboxylic acids is 1. The van der Waals surface area contributed by atoms with Crippen LogP contribution in [-0.4, -0.2) is 17.6 Å². The molecule has 0 fully saturated rings. The van der Waals surface area contributed by atoms with E-state index >= 15 is 0 Å². The van der Waals surface area contributed by atoms with Gasteiger partial charge in [0.2, 0.25) is 0 Å². The molecule has 4 nitrogen and oxygen atoms in total. The summed E-state index contributed by atoms with van der Waals surface area (Å²) in [6.45, 7) is 2.40. The molecular formula is C12H14N2O2. The Morgan fingerprint density at radius 3 is 2.62 bits per heavy atom. The van der Waals surface area contributed by atoms with Gasteiger partial charge in [0, 0.05) is 12.6 Å². The van der Waals surface area contributed by atoms with E-state index in [2.05, 4.69) is 11.4 Å². The van der Waals surface area contributed by atoms with Crippen LogP contribution >= 0.6 is 0 Å². The van der Waals surface area contributed by atoms with Crippen molar-refractivity contribution in [3.05, 3.63) is 35.4 Å². The molecule has 1 aromatic rings. The Labute approximate surface area is 94.5 Å². The van der Waals surface area contributed by atoms with Crippen molar-refractivity contribution in [2.75, 3.05) is 6.54 Å². The van der Waals surface area contributed by atoms with Gasteiger partial charge in [-0.25, -0.2) is 0 Å². The first kappa shape index (κ1) is 12.2. The van der Waals surface area contributed by atoms with E-state index in [4.69, 9.17) is 10.4 Å². The van der Waals surface area contributed by atoms with Crippen molar-refractivity contribution in [3.8, 4) is 6.07 Å². The lowest BCUT2D eigenvalue weighted by atomic mass is 10.1. The summed E-state index contributed by atoms with van der Waals surface area (Å²) in [5, 5.41) is 20.2. The maximum absolute atomic E-state index is 10.3. The van der Waals surface area contributed by atoms with Crippen LogP contribution in [0.4, 0.5) is 0 Å². The Morgan fingerprint density at radius 1 is 1.50 bits per heavy atom. The molecule has 0 spiro atoms. The summed E-state index contributed by atoms with van der Waals surface area (Å²) in [5.41, 5.74) is 1.67. The van der Waals surface area contributed by atoms with Crippen molar-refractivity contribution in [1.82, 2.24) is 5.32 Å². The van der Waals surface area contributed by atoms with E-state index < -0.39 is 5.97 Å². The Morgan fingerprint density at radius 2 is 2.12 bits per heavy atom. The van der Waals surface area contributed by atoms with Crippen molar-refractivity contribution in [2.45, 2.75) is 19.4 Å². The van der Waals surface area contributed by atoms with Gasteiger partial charge in [0.05, 0.1) is 18.1 Å². The van der Waals surface area contributed by atoms with Gasteiger partial charge in [0.1, 0.15) is 0 Å². The summed E-state index contributed by atoms with van der Waals surface area (Å²) in [4.78, 5) is 10.3. The molecule has 4 heteroatoms. The van der Waals surface area contributed by atoms with Crippen LogP contribution in [-0.2, 0) is 4.79 Å². The van der Waals surface area contributed by atoms with Gasteiger partial charge >= 0.3 is 5.97 Å². The van der Waals surface area contributed by atoms with E-state index in [1.165, 1.54) is 0 Å². The van der Waals surface area contributed by atoms with Crippen molar-refractivity contribution in [2.24, 2.45) is 0 Å². The summed E-state index contributed by atoms with van der Waals surface area (Å²) in [5.74, 6) is -0.806. The number of nitrogens with zero attached hydrogens (tertiary/aromatic N) is 1. The lowest BCUT2D eigenvalue weighted by Gasteiger charge is -2.13. The van der Waals surface area contributed by atoms with Crippen LogP contribution in [0.3, 0.4) is 0 Å². The number of hydrogen-bond donors (Lipinski definition) is 2. The molecule has 0 aromatic heterocycles. The van der Waals surface area contributed by atoms with Gasteiger partial charge in [-0.3, -0.25) is 4.79 Å². The van der Waals surface area contributed by atoms with E-state index in [9.17, 15) is 4.79 Å². The van der Waals surface area contributed by atoms with Crippen LogP contribution in [0.2, 0.25) is 0 Å². The molecule has 84 valence electrons. The highest BCUT2D eigenvalue weighted by Crippen LogP contribution is 2.12. The first-order valence-electron chi connectivity index (χ1n) is 5.08. The summed E-state index contributed by atoms with van der Waals surface area (Å²) in [7, 11) is 0. The highest BCUT2D eigenvalue weighted by molar-refractivity contribution is 5.66. The molecule has 16 heavy (non-hydrogen) atoms. The van der Waals surface area contributed by atoms with E-state index in [1.54, 1.807) is 12.1 Å². The summed E-state index contributed by atoms with van der Waals surface area (Å²) >= 11 is 0. The first-order chi connectivity index (χ1) is 7.63. The molecule has 0 aliphatic heterocycles. The van der Waals surface area contributed by atoms with Gasteiger partial charge in [-0.2, -0.15) is 5.26 Å². The quantitative estimate of drug-likeness (QED) is 0.788. The minimum absolute atomic E-state index is 0.0899. The van der Waals surface area contributed by atoms with Crippen molar-refractivity contribution < 1.29 is 9.90 Å². The molecule has 1 rings (SSSR count). The monoisotopic (exact) mass is 218 g/mol. The third-order valence-corrected chi connectivity index (χ3v) is 2.33. The zero-order valence-electron chi connectivity index (χ0n) is 9.10. The number of carboxylic acid groups (broad SMARTS) is 1. The van der Waals surface area contributed by atoms with Crippen LogP contribution in [0.1, 0.15) is 30.5 Å². The van der Waals surface area contributed by atoms with Gasteiger partial charge in [-0.15, -0.1) is 0 Å². The molecule has 1 aromatic carbocycles. The molecule has 0 aliphatic carbocycles. The second kappa shape index (κ2) is 5.89. The maximum atomic E-state index is 10.3. The number of carbonyl (C=O) groups is 1. The molecule has 0 radical (unpaired) electrons. The highest BCUT2D eigenvalue weighted by Gasteiger charge is 2.05. The standard InChI is InChI=1S/C12H14N2O2/c1-9(14-7-6-12(15)16)11-4-2-10(8-13)3-5-11/h2-5,9,14H,6-7H2,1H3,(H,15,16).